The van der Waals surface area contributed by atoms with Crippen LogP contribution in [0, 0.1) is 18.3 Å². The van der Waals surface area contributed by atoms with E-state index in [-0.39, 0.29) is 18.1 Å². The molecule has 0 bridgehead atoms. The molecule has 2 aromatic carbocycles. The van der Waals surface area contributed by atoms with Gasteiger partial charge in [0.2, 0.25) is 5.78 Å². The van der Waals surface area contributed by atoms with Crippen LogP contribution >= 0.6 is 11.6 Å². The molecule has 2 aliphatic heterocycles. The standard InChI is InChI=1S/C40H48ClN7O4/c1-24-26(20-34(49)36-42-30-22-45(3)18-14-32(30)46(36)4)8-6-9-27(24)28-10-7-11-29(35(28)41)44-38(50)37-43-31-23-48(19-15-33(31)47(37)5)21-25-12-16-40(2,17-13-25)39(51)52/h6-11,25H,12-23H2,1-5H3,(H,44,50)(H,51,52). The summed E-state index contributed by atoms with van der Waals surface area (Å²) >= 11 is 7.01. The number of Topliss-reactive ketones (excluding diaryl/α,β-unsaturated/α-hetero) is 1. The van der Waals surface area contributed by atoms with Crippen LogP contribution in [0.3, 0.4) is 0 Å². The number of likely N-dealkylation sites (N-methyl/N-ethyl adjacent to an activating group) is 1. The van der Waals surface area contributed by atoms with Gasteiger partial charge in [-0.05, 0) is 75.3 Å². The summed E-state index contributed by atoms with van der Waals surface area (Å²) < 4.78 is 3.84. The van der Waals surface area contributed by atoms with E-state index < -0.39 is 11.4 Å². The second kappa shape index (κ2) is 14.2. The van der Waals surface area contributed by atoms with E-state index in [0.717, 1.165) is 96.9 Å². The number of nitrogens with one attached hydrogen (secondary N) is 1. The average molecular weight is 726 g/mol. The highest BCUT2D eigenvalue weighted by atomic mass is 35.5. The highest BCUT2D eigenvalue weighted by molar-refractivity contribution is 6.36. The van der Waals surface area contributed by atoms with Crippen LogP contribution in [0.5, 0.6) is 0 Å². The second-order valence-corrected chi connectivity index (χ2v) is 15.7. The van der Waals surface area contributed by atoms with E-state index in [1.807, 2.05) is 67.4 Å². The van der Waals surface area contributed by atoms with Gasteiger partial charge in [-0.25, -0.2) is 9.97 Å². The van der Waals surface area contributed by atoms with Crippen molar-refractivity contribution in [3.8, 4) is 11.1 Å². The number of nitrogens with zero attached hydrogens (tertiary/aromatic N) is 6. The van der Waals surface area contributed by atoms with Crippen molar-refractivity contribution in [3.05, 3.63) is 87.0 Å². The van der Waals surface area contributed by atoms with Crippen LogP contribution in [0.15, 0.2) is 36.4 Å². The molecule has 2 aromatic heterocycles. The number of rotatable bonds is 9. The molecule has 4 aromatic rings. The van der Waals surface area contributed by atoms with E-state index in [1.54, 1.807) is 6.07 Å². The number of aliphatic carboxylic acids is 1. The monoisotopic (exact) mass is 725 g/mol. The number of carboxylic acid groups (broad SMARTS) is 1. The molecular weight excluding hydrogens is 678 g/mol. The zero-order valence-corrected chi connectivity index (χ0v) is 31.5. The average Bonchev–Trinajstić information content (AvgIpc) is 3.63. The predicted molar refractivity (Wildman–Crippen MR) is 201 cm³/mol. The summed E-state index contributed by atoms with van der Waals surface area (Å²) in [6.07, 6.45) is 5.13. The molecule has 3 aliphatic rings. The zero-order valence-electron chi connectivity index (χ0n) is 30.8. The quantitative estimate of drug-likeness (QED) is 0.199. The van der Waals surface area contributed by atoms with Gasteiger partial charge < -0.3 is 24.5 Å². The highest BCUT2D eigenvalue weighted by Crippen LogP contribution is 2.40. The Morgan fingerprint density at radius 2 is 1.54 bits per heavy atom. The van der Waals surface area contributed by atoms with Crippen LogP contribution < -0.4 is 5.32 Å². The van der Waals surface area contributed by atoms with Gasteiger partial charge in [-0.15, -0.1) is 0 Å². The number of amides is 1. The summed E-state index contributed by atoms with van der Waals surface area (Å²) in [6, 6.07) is 11.5. The third kappa shape index (κ3) is 6.81. The molecule has 1 aliphatic carbocycles. The van der Waals surface area contributed by atoms with Crippen LogP contribution in [0.1, 0.15) is 87.7 Å². The maximum absolute atomic E-state index is 13.7. The highest BCUT2D eigenvalue weighted by Gasteiger charge is 2.38. The van der Waals surface area contributed by atoms with Crippen LogP contribution in [0.2, 0.25) is 5.02 Å². The minimum Gasteiger partial charge on any atom is -0.481 e. The third-order valence-corrected chi connectivity index (χ3v) is 12.2. The molecule has 0 radical (unpaired) electrons. The summed E-state index contributed by atoms with van der Waals surface area (Å²) in [6.45, 7) is 8.01. The first-order valence-electron chi connectivity index (χ1n) is 18.3. The third-order valence-electron chi connectivity index (χ3n) is 11.8. The largest absolute Gasteiger partial charge is 0.481 e. The van der Waals surface area contributed by atoms with Crippen LogP contribution in [-0.4, -0.2) is 78.4 Å². The maximum atomic E-state index is 13.7. The second-order valence-electron chi connectivity index (χ2n) is 15.4. The molecule has 1 saturated carbocycles. The van der Waals surface area contributed by atoms with Crippen molar-refractivity contribution >= 4 is 34.9 Å². The van der Waals surface area contributed by atoms with Gasteiger partial charge in [-0.2, -0.15) is 0 Å². The molecule has 12 heteroatoms. The minimum atomic E-state index is -0.693. The van der Waals surface area contributed by atoms with Crippen molar-refractivity contribution < 1.29 is 19.5 Å². The number of ketones is 1. The predicted octanol–water partition coefficient (Wildman–Crippen LogP) is 6.09. The van der Waals surface area contributed by atoms with E-state index in [2.05, 4.69) is 22.2 Å². The van der Waals surface area contributed by atoms with Gasteiger partial charge in [0.05, 0.1) is 27.5 Å². The van der Waals surface area contributed by atoms with Crippen molar-refractivity contribution in [1.29, 1.82) is 0 Å². The lowest BCUT2D eigenvalue weighted by Crippen LogP contribution is -2.39. The normalized spacial score (nSPS) is 20.7. The fraction of sp³-hybridized carbons (Fsp3) is 0.475. The number of halogens is 1. The number of carboxylic acids is 1. The van der Waals surface area contributed by atoms with Crippen molar-refractivity contribution in [2.75, 3.05) is 32.0 Å². The van der Waals surface area contributed by atoms with Crippen molar-refractivity contribution in [1.82, 2.24) is 28.9 Å². The molecule has 2 N–H and O–H groups in total. The first-order chi connectivity index (χ1) is 24.8. The number of benzene rings is 2. The lowest BCUT2D eigenvalue weighted by molar-refractivity contribution is -0.150. The number of fused-ring (bicyclic) bond motifs is 2. The zero-order chi connectivity index (χ0) is 36.9. The molecule has 11 nitrogen and oxygen atoms in total. The van der Waals surface area contributed by atoms with E-state index in [0.29, 0.717) is 47.7 Å². The maximum Gasteiger partial charge on any atom is 0.309 e. The molecular formula is C40H48ClN7O4. The smallest absolute Gasteiger partial charge is 0.309 e. The number of carbonyl (C=O) groups is 3. The number of anilines is 1. The van der Waals surface area contributed by atoms with Crippen LogP contribution in [0.4, 0.5) is 5.69 Å². The Hall–Kier alpha value is -4.32. The first kappa shape index (κ1) is 36.1. The molecule has 0 saturated heterocycles. The molecule has 0 unspecified atom stereocenters. The van der Waals surface area contributed by atoms with Crippen molar-refractivity contribution in [3.63, 3.8) is 0 Å². The summed E-state index contributed by atoms with van der Waals surface area (Å²) in [5.41, 5.74) is 7.47. The fourth-order valence-corrected chi connectivity index (χ4v) is 8.63. The van der Waals surface area contributed by atoms with E-state index in [9.17, 15) is 19.5 Å². The molecule has 4 heterocycles. The molecule has 274 valence electrons. The molecule has 0 atom stereocenters. The Bertz CT molecular complexity index is 2060. The van der Waals surface area contributed by atoms with Gasteiger partial charge >= 0.3 is 5.97 Å². The number of carbonyl (C=O) groups excluding carboxylic acids is 2. The Morgan fingerprint density at radius 3 is 2.27 bits per heavy atom. The van der Waals surface area contributed by atoms with E-state index in [4.69, 9.17) is 21.6 Å². The summed E-state index contributed by atoms with van der Waals surface area (Å²) in [7, 11) is 5.89. The van der Waals surface area contributed by atoms with Gasteiger partial charge in [0, 0.05) is 83.0 Å². The van der Waals surface area contributed by atoms with Gasteiger partial charge in [-0.3, -0.25) is 19.3 Å². The summed E-state index contributed by atoms with van der Waals surface area (Å²) in [5.74, 6) is 0.246. The molecule has 1 fully saturated rings. The Labute approximate surface area is 310 Å². The Kier molecular flexibility index (Phi) is 9.88. The van der Waals surface area contributed by atoms with Gasteiger partial charge in [0.1, 0.15) is 0 Å². The van der Waals surface area contributed by atoms with Gasteiger partial charge in [-0.1, -0.05) is 41.9 Å². The molecule has 7 rings (SSSR count). The summed E-state index contributed by atoms with van der Waals surface area (Å²) in [4.78, 5) is 53.1. The van der Waals surface area contributed by atoms with Crippen molar-refractivity contribution in [2.45, 2.75) is 71.9 Å². The summed E-state index contributed by atoms with van der Waals surface area (Å²) in [5, 5.41) is 13.0. The number of hydrogen-bond acceptors (Lipinski definition) is 7. The van der Waals surface area contributed by atoms with Gasteiger partial charge in [0.15, 0.2) is 11.6 Å². The van der Waals surface area contributed by atoms with Crippen molar-refractivity contribution in [2.24, 2.45) is 25.4 Å². The van der Waals surface area contributed by atoms with Gasteiger partial charge in [0.25, 0.3) is 5.91 Å². The topological polar surface area (TPSA) is 126 Å². The van der Waals surface area contributed by atoms with E-state index in [1.165, 1.54) is 0 Å². The van der Waals surface area contributed by atoms with E-state index >= 15 is 0 Å². The lowest BCUT2D eigenvalue weighted by Gasteiger charge is -2.37. The number of imidazole rings is 2. The Morgan fingerprint density at radius 1 is 0.904 bits per heavy atom. The molecule has 52 heavy (non-hydrogen) atoms. The molecule has 1 amide bonds. The lowest BCUT2D eigenvalue weighted by atomic mass is 9.71. The first-order valence-corrected chi connectivity index (χ1v) is 18.7. The number of aromatic nitrogens is 4. The molecule has 0 spiro atoms. The SMILES string of the molecule is Cc1c(CC(=O)c2nc3c(n2C)CCN(C)C3)cccc1-c1cccc(NC(=O)c2nc3c(n2C)CCN(CC2CCC(C)(C(=O)O)CC2)C3)c1Cl. The minimum absolute atomic E-state index is 0.0231. The Balaban J connectivity index is 1.04. The fourth-order valence-electron chi connectivity index (χ4n) is 8.36. The number of hydrogen-bond donors (Lipinski definition) is 2. The van der Waals surface area contributed by atoms with Crippen LogP contribution in [0.25, 0.3) is 11.1 Å². The van der Waals surface area contributed by atoms with Crippen LogP contribution in [-0.2, 0) is 51.2 Å².